The van der Waals surface area contributed by atoms with Crippen LogP contribution in [0, 0.1) is 5.82 Å². The van der Waals surface area contributed by atoms with Gasteiger partial charge in [0.05, 0.1) is 24.2 Å². The molecule has 2 saturated heterocycles. The molecule has 2 heterocycles. The first-order valence-corrected chi connectivity index (χ1v) is 12.0. The van der Waals surface area contributed by atoms with E-state index in [1.54, 1.807) is 29.2 Å². The number of carbonyl (C=O) groups excluding carboxylic acids is 1. The molecule has 160 valence electrons. The Kier molecular flexibility index (Phi) is 6.24. The second-order valence-corrected chi connectivity index (χ2v) is 10.1. The smallest absolute Gasteiger partial charge is 0.254 e. The molecule has 6 nitrogen and oxygen atoms in total. The van der Waals surface area contributed by atoms with E-state index >= 15 is 0 Å². The number of carbonyl (C=O) groups is 1. The van der Waals surface area contributed by atoms with Crippen molar-refractivity contribution >= 4 is 31.9 Å². The Balaban J connectivity index is 1.63. The number of rotatable bonds is 4. The maximum Gasteiger partial charge on any atom is 0.254 e. The maximum atomic E-state index is 13.3. The van der Waals surface area contributed by atoms with Crippen LogP contribution < -0.4 is 0 Å². The summed E-state index contributed by atoms with van der Waals surface area (Å²) in [6, 6.07) is 10.7. The number of amides is 1. The summed E-state index contributed by atoms with van der Waals surface area (Å²) in [5, 5.41) is 0. The first-order valence-electron chi connectivity index (χ1n) is 9.82. The van der Waals surface area contributed by atoms with Gasteiger partial charge in [-0.3, -0.25) is 4.79 Å². The van der Waals surface area contributed by atoms with E-state index in [1.807, 2.05) is 0 Å². The standard InChI is InChI=1S/C21H22BrFN2O4S/c22-18-8-5-16(14-20(18)30(27,28)24-10-12-29-13-11-24)21(26)25-9-1-2-19(25)15-3-6-17(23)7-4-15/h3-8,14,19H,1-2,9-13H2. The van der Waals surface area contributed by atoms with Crippen LogP contribution in [0.3, 0.4) is 0 Å². The number of morpholine rings is 1. The van der Waals surface area contributed by atoms with Gasteiger partial charge in [0, 0.05) is 29.7 Å². The molecular weight excluding hydrogens is 475 g/mol. The number of ether oxygens (including phenoxy) is 1. The van der Waals surface area contributed by atoms with Gasteiger partial charge in [-0.25, -0.2) is 12.8 Å². The molecule has 0 spiro atoms. The van der Waals surface area contributed by atoms with Crippen LogP contribution in [0.5, 0.6) is 0 Å². The molecule has 2 aliphatic rings. The van der Waals surface area contributed by atoms with Crippen LogP contribution in [0.25, 0.3) is 0 Å². The van der Waals surface area contributed by atoms with Gasteiger partial charge in [-0.05, 0) is 64.7 Å². The number of benzene rings is 2. The molecule has 4 rings (SSSR count). The zero-order valence-corrected chi connectivity index (χ0v) is 18.7. The quantitative estimate of drug-likeness (QED) is 0.648. The molecule has 1 atom stereocenters. The minimum Gasteiger partial charge on any atom is -0.379 e. The second-order valence-electron chi connectivity index (χ2n) is 7.37. The molecule has 2 aromatic carbocycles. The third-order valence-corrected chi connectivity index (χ3v) is 8.43. The largest absolute Gasteiger partial charge is 0.379 e. The summed E-state index contributed by atoms with van der Waals surface area (Å²) in [5.74, 6) is -0.548. The monoisotopic (exact) mass is 496 g/mol. The summed E-state index contributed by atoms with van der Waals surface area (Å²) in [5.41, 5.74) is 1.19. The van der Waals surface area contributed by atoms with Gasteiger partial charge in [-0.2, -0.15) is 4.31 Å². The van der Waals surface area contributed by atoms with Crippen molar-refractivity contribution in [3.8, 4) is 0 Å². The molecule has 9 heteroatoms. The normalized spacial score (nSPS) is 20.5. The molecule has 0 N–H and O–H groups in total. The third kappa shape index (κ3) is 4.16. The van der Waals surface area contributed by atoms with Crippen molar-refractivity contribution in [3.05, 3.63) is 63.9 Å². The zero-order valence-electron chi connectivity index (χ0n) is 16.3. The van der Waals surface area contributed by atoms with E-state index in [2.05, 4.69) is 15.9 Å². The van der Waals surface area contributed by atoms with Crippen LogP contribution in [0.2, 0.25) is 0 Å². The van der Waals surface area contributed by atoms with E-state index in [1.165, 1.54) is 22.5 Å². The highest BCUT2D eigenvalue weighted by Crippen LogP contribution is 2.34. The molecule has 0 aromatic heterocycles. The van der Waals surface area contributed by atoms with E-state index in [0.717, 1.165) is 18.4 Å². The molecule has 2 fully saturated rings. The summed E-state index contributed by atoms with van der Waals surface area (Å²) in [6.45, 7) is 1.84. The first kappa shape index (κ1) is 21.4. The summed E-state index contributed by atoms with van der Waals surface area (Å²) in [6.07, 6.45) is 1.62. The molecule has 0 aliphatic carbocycles. The summed E-state index contributed by atoms with van der Waals surface area (Å²) in [4.78, 5) is 15.1. The molecule has 1 amide bonds. The van der Waals surface area contributed by atoms with E-state index < -0.39 is 10.0 Å². The van der Waals surface area contributed by atoms with E-state index in [-0.39, 0.29) is 35.8 Å². The lowest BCUT2D eigenvalue weighted by atomic mass is 10.0. The molecule has 0 radical (unpaired) electrons. The fourth-order valence-corrected chi connectivity index (χ4v) is 6.33. The molecule has 0 bridgehead atoms. The highest BCUT2D eigenvalue weighted by atomic mass is 79.9. The lowest BCUT2D eigenvalue weighted by Gasteiger charge is -2.27. The number of sulfonamides is 1. The van der Waals surface area contributed by atoms with Crippen molar-refractivity contribution in [2.24, 2.45) is 0 Å². The number of likely N-dealkylation sites (tertiary alicyclic amines) is 1. The van der Waals surface area contributed by atoms with Gasteiger partial charge in [0.15, 0.2) is 0 Å². The van der Waals surface area contributed by atoms with Crippen LogP contribution in [0.1, 0.15) is 34.8 Å². The van der Waals surface area contributed by atoms with Gasteiger partial charge < -0.3 is 9.64 Å². The van der Waals surface area contributed by atoms with Crippen molar-refractivity contribution in [3.63, 3.8) is 0 Å². The van der Waals surface area contributed by atoms with Crippen molar-refractivity contribution in [2.45, 2.75) is 23.8 Å². The Labute approximate surface area is 183 Å². The topological polar surface area (TPSA) is 66.9 Å². The molecule has 2 aliphatic heterocycles. The van der Waals surface area contributed by atoms with Crippen LogP contribution >= 0.6 is 15.9 Å². The number of nitrogens with zero attached hydrogens (tertiary/aromatic N) is 2. The zero-order chi connectivity index (χ0) is 21.3. The lowest BCUT2D eigenvalue weighted by molar-refractivity contribution is 0.0727. The average Bonchev–Trinajstić information content (AvgIpc) is 3.24. The van der Waals surface area contributed by atoms with Crippen LogP contribution in [0.4, 0.5) is 4.39 Å². The number of halogens is 2. The van der Waals surface area contributed by atoms with Crippen molar-refractivity contribution in [1.82, 2.24) is 9.21 Å². The van der Waals surface area contributed by atoms with Gasteiger partial charge in [0.1, 0.15) is 5.82 Å². The highest BCUT2D eigenvalue weighted by molar-refractivity contribution is 9.10. The minimum atomic E-state index is -3.75. The van der Waals surface area contributed by atoms with Crippen LogP contribution in [0.15, 0.2) is 51.8 Å². The fourth-order valence-electron chi connectivity index (χ4n) is 3.97. The van der Waals surface area contributed by atoms with Gasteiger partial charge in [-0.15, -0.1) is 0 Å². The first-order chi connectivity index (χ1) is 14.4. The van der Waals surface area contributed by atoms with Gasteiger partial charge in [0.2, 0.25) is 10.0 Å². The Hall–Kier alpha value is -1.81. The Morgan fingerprint density at radius 3 is 2.47 bits per heavy atom. The molecule has 30 heavy (non-hydrogen) atoms. The third-order valence-electron chi connectivity index (χ3n) is 5.53. The Morgan fingerprint density at radius 2 is 1.77 bits per heavy atom. The molecule has 2 aromatic rings. The number of hydrogen-bond donors (Lipinski definition) is 0. The molecule has 0 saturated carbocycles. The van der Waals surface area contributed by atoms with E-state index in [0.29, 0.717) is 29.8 Å². The fraction of sp³-hybridized carbons (Fsp3) is 0.381. The summed E-state index contributed by atoms with van der Waals surface area (Å²) < 4.78 is 46.5. The van der Waals surface area contributed by atoms with Crippen LogP contribution in [-0.4, -0.2) is 56.4 Å². The molecular formula is C21H22BrFN2O4S. The summed E-state index contributed by atoms with van der Waals surface area (Å²) >= 11 is 3.32. The van der Waals surface area contributed by atoms with Gasteiger partial charge in [0.25, 0.3) is 5.91 Å². The average molecular weight is 497 g/mol. The molecule has 1 unspecified atom stereocenters. The lowest BCUT2D eigenvalue weighted by Crippen LogP contribution is -2.40. The maximum absolute atomic E-state index is 13.3. The Morgan fingerprint density at radius 1 is 1.07 bits per heavy atom. The predicted octanol–water partition coefficient (Wildman–Crippen LogP) is 3.59. The Bertz CT molecular complexity index is 1040. The van der Waals surface area contributed by atoms with Crippen molar-refractivity contribution in [2.75, 3.05) is 32.8 Å². The van der Waals surface area contributed by atoms with Crippen molar-refractivity contribution in [1.29, 1.82) is 0 Å². The van der Waals surface area contributed by atoms with E-state index in [9.17, 15) is 17.6 Å². The summed E-state index contributed by atoms with van der Waals surface area (Å²) in [7, 11) is -3.75. The SMILES string of the molecule is O=C(c1ccc(Br)c(S(=O)(=O)N2CCOCC2)c1)N1CCCC1c1ccc(F)cc1. The minimum absolute atomic E-state index is 0.0766. The van der Waals surface area contributed by atoms with Gasteiger partial charge >= 0.3 is 0 Å². The highest BCUT2D eigenvalue weighted by Gasteiger charge is 2.33. The van der Waals surface area contributed by atoms with Crippen LogP contribution in [-0.2, 0) is 14.8 Å². The second kappa shape index (κ2) is 8.74. The number of hydrogen-bond acceptors (Lipinski definition) is 4. The predicted molar refractivity (Wildman–Crippen MR) is 113 cm³/mol. The van der Waals surface area contributed by atoms with Gasteiger partial charge in [-0.1, -0.05) is 12.1 Å². The van der Waals surface area contributed by atoms with E-state index in [4.69, 9.17) is 4.74 Å². The van der Waals surface area contributed by atoms with Crippen molar-refractivity contribution < 1.29 is 22.3 Å².